The number of aromatic nitrogens is 2. The Kier molecular flexibility index (Phi) is 6.93. The minimum Gasteiger partial charge on any atom is -0.497 e. The van der Waals surface area contributed by atoms with E-state index in [4.69, 9.17) is 9.72 Å². The third-order valence-corrected chi connectivity index (χ3v) is 6.69. The van der Waals surface area contributed by atoms with Crippen molar-refractivity contribution in [2.24, 2.45) is 0 Å². The molecule has 1 N–H and O–H groups in total. The maximum Gasteiger partial charge on any atom is 0.321 e. The Morgan fingerprint density at radius 2 is 1.94 bits per heavy atom. The van der Waals surface area contributed by atoms with Crippen molar-refractivity contribution in [1.82, 2.24) is 14.3 Å². The van der Waals surface area contributed by atoms with Crippen LogP contribution in [0.1, 0.15) is 11.4 Å². The molecule has 0 saturated carbocycles. The molecule has 1 aromatic heterocycles. The predicted octanol–water partition coefficient (Wildman–Crippen LogP) is 4.21. The van der Waals surface area contributed by atoms with E-state index in [1.165, 1.54) is 16.4 Å². The van der Waals surface area contributed by atoms with E-state index in [1.807, 2.05) is 53.6 Å². The summed E-state index contributed by atoms with van der Waals surface area (Å²) in [7, 11) is 1.67. The zero-order valence-corrected chi connectivity index (χ0v) is 19.2. The lowest BCUT2D eigenvalue weighted by molar-refractivity contribution is 0.208. The standard InChI is InChI=1S/C22H25N5O2S2/c1-29-18-5-3-4-16(14-18)15-20-24-22(31-25-20)27-12-10-26(11-13-27)21(28)23-17-6-8-19(30-2)9-7-17/h3-9,14H,10-13,15H2,1-2H3,(H,23,28). The van der Waals surface area contributed by atoms with Crippen molar-refractivity contribution in [3.63, 3.8) is 0 Å². The summed E-state index contributed by atoms with van der Waals surface area (Å²) in [5.41, 5.74) is 1.94. The van der Waals surface area contributed by atoms with Crippen LogP contribution < -0.4 is 15.0 Å². The van der Waals surface area contributed by atoms with Gasteiger partial charge in [-0.1, -0.05) is 12.1 Å². The summed E-state index contributed by atoms with van der Waals surface area (Å²) in [6.45, 7) is 2.79. The molecule has 2 heterocycles. The van der Waals surface area contributed by atoms with Crippen molar-refractivity contribution in [3.8, 4) is 5.75 Å². The number of rotatable bonds is 6. The number of nitrogens with one attached hydrogen (secondary N) is 1. The minimum absolute atomic E-state index is 0.0625. The van der Waals surface area contributed by atoms with Gasteiger partial charge in [0.05, 0.1) is 7.11 Å². The van der Waals surface area contributed by atoms with E-state index in [9.17, 15) is 4.79 Å². The van der Waals surface area contributed by atoms with Crippen LogP contribution in [0.15, 0.2) is 53.4 Å². The fraction of sp³-hybridized carbons (Fsp3) is 0.318. The first kappa shape index (κ1) is 21.5. The quantitative estimate of drug-likeness (QED) is 0.562. The van der Waals surface area contributed by atoms with Crippen molar-refractivity contribution in [1.29, 1.82) is 0 Å². The van der Waals surface area contributed by atoms with E-state index in [1.54, 1.807) is 18.9 Å². The smallest absolute Gasteiger partial charge is 0.321 e. The summed E-state index contributed by atoms with van der Waals surface area (Å²) in [6.07, 6.45) is 2.71. The summed E-state index contributed by atoms with van der Waals surface area (Å²) < 4.78 is 9.81. The van der Waals surface area contributed by atoms with Gasteiger partial charge in [0, 0.05) is 54.7 Å². The lowest BCUT2D eigenvalue weighted by atomic mass is 10.1. The molecule has 162 valence electrons. The van der Waals surface area contributed by atoms with Gasteiger partial charge in [0.2, 0.25) is 5.13 Å². The van der Waals surface area contributed by atoms with Crippen LogP contribution >= 0.6 is 23.3 Å². The number of hydrogen-bond donors (Lipinski definition) is 1. The third kappa shape index (κ3) is 5.48. The molecule has 31 heavy (non-hydrogen) atoms. The van der Waals surface area contributed by atoms with E-state index in [0.29, 0.717) is 19.5 Å². The molecule has 0 atom stereocenters. The fourth-order valence-electron chi connectivity index (χ4n) is 3.39. The van der Waals surface area contributed by atoms with E-state index in [0.717, 1.165) is 41.0 Å². The van der Waals surface area contributed by atoms with Crippen LogP contribution in [0, 0.1) is 0 Å². The monoisotopic (exact) mass is 455 g/mol. The molecule has 9 heteroatoms. The first-order valence-corrected chi connectivity index (χ1v) is 12.0. The number of amides is 2. The summed E-state index contributed by atoms with van der Waals surface area (Å²) in [5.74, 6) is 1.64. The van der Waals surface area contributed by atoms with Crippen molar-refractivity contribution in [2.45, 2.75) is 11.3 Å². The van der Waals surface area contributed by atoms with Crippen molar-refractivity contribution >= 4 is 40.1 Å². The predicted molar refractivity (Wildman–Crippen MR) is 127 cm³/mol. The fourth-order valence-corrected chi connectivity index (χ4v) is 4.53. The third-order valence-electron chi connectivity index (χ3n) is 5.13. The molecule has 2 aromatic carbocycles. The average Bonchev–Trinajstić information content (AvgIpc) is 3.28. The molecule has 4 rings (SSSR count). The second-order valence-corrected chi connectivity index (χ2v) is 8.76. The Balaban J connectivity index is 1.29. The Morgan fingerprint density at radius 3 is 2.65 bits per heavy atom. The number of hydrogen-bond acceptors (Lipinski definition) is 7. The van der Waals surface area contributed by atoms with Gasteiger partial charge in [0.15, 0.2) is 0 Å². The van der Waals surface area contributed by atoms with Crippen LogP contribution in [0.2, 0.25) is 0 Å². The van der Waals surface area contributed by atoms with Crippen molar-refractivity contribution < 1.29 is 9.53 Å². The molecule has 1 aliphatic heterocycles. The highest BCUT2D eigenvalue weighted by molar-refractivity contribution is 7.98. The van der Waals surface area contributed by atoms with Gasteiger partial charge < -0.3 is 19.9 Å². The number of benzene rings is 2. The maximum atomic E-state index is 12.6. The number of ether oxygens (including phenoxy) is 1. The van der Waals surface area contributed by atoms with Crippen LogP contribution in [-0.4, -0.2) is 59.8 Å². The minimum atomic E-state index is -0.0625. The molecule has 1 aliphatic rings. The Morgan fingerprint density at radius 1 is 1.16 bits per heavy atom. The first-order valence-electron chi connectivity index (χ1n) is 10.0. The first-order chi connectivity index (χ1) is 15.1. The summed E-state index contributed by atoms with van der Waals surface area (Å²) in [6, 6.07) is 15.8. The Hall–Kier alpha value is -2.78. The molecule has 0 bridgehead atoms. The highest BCUT2D eigenvalue weighted by Crippen LogP contribution is 2.22. The maximum absolute atomic E-state index is 12.6. The zero-order chi connectivity index (χ0) is 21.6. The topological polar surface area (TPSA) is 70.6 Å². The van der Waals surface area contributed by atoms with E-state index < -0.39 is 0 Å². The molecule has 0 spiro atoms. The highest BCUT2D eigenvalue weighted by Gasteiger charge is 2.23. The Labute approximate surface area is 190 Å². The number of carbonyl (C=O) groups is 1. The summed E-state index contributed by atoms with van der Waals surface area (Å²) in [5, 5.41) is 3.89. The molecule has 7 nitrogen and oxygen atoms in total. The lowest BCUT2D eigenvalue weighted by Crippen LogP contribution is -2.50. The largest absolute Gasteiger partial charge is 0.497 e. The van der Waals surface area contributed by atoms with E-state index in [-0.39, 0.29) is 6.03 Å². The number of anilines is 2. The number of nitrogens with zero attached hydrogens (tertiary/aromatic N) is 4. The van der Waals surface area contributed by atoms with Crippen LogP contribution in [-0.2, 0) is 6.42 Å². The van der Waals surface area contributed by atoms with Crippen molar-refractivity contribution in [3.05, 3.63) is 59.9 Å². The molecular weight excluding hydrogens is 430 g/mol. The van der Waals surface area contributed by atoms with Gasteiger partial charge in [-0.3, -0.25) is 0 Å². The van der Waals surface area contributed by atoms with Crippen LogP contribution in [0.4, 0.5) is 15.6 Å². The molecule has 2 amide bonds. The number of piperazine rings is 1. The van der Waals surface area contributed by atoms with Crippen LogP contribution in [0.25, 0.3) is 0 Å². The van der Waals surface area contributed by atoms with Gasteiger partial charge >= 0.3 is 6.03 Å². The molecule has 0 aliphatic carbocycles. The lowest BCUT2D eigenvalue weighted by Gasteiger charge is -2.34. The summed E-state index contributed by atoms with van der Waals surface area (Å²) >= 11 is 3.10. The molecule has 0 radical (unpaired) electrons. The number of carbonyl (C=O) groups excluding carboxylic acids is 1. The second kappa shape index (κ2) is 10.0. The Bertz CT molecular complexity index is 1020. The summed E-state index contributed by atoms with van der Waals surface area (Å²) in [4.78, 5) is 22.5. The number of urea groups is 1. The molecule has 1 fully saturated rings. The normalized spacial score (nSPS) is 13.9. The zero-order valence-electron chi connectivity index (χ0n) is 17.6. The van der Waals surface area contributed by atoms with Gasteiger partial charge in [-0.05, 0) is 48.2 Å². The molecule has 3 aromatic rings. The van der Waals surface area contributed by atoms with E-state index >= 15 is 0 Å². The van der Waals surface area contributed by atoms with Gasteiger partial charge in [-0.15, -0.1) is 11.8 Å². The molecule has 1 saturated heterocycles. The molecule has 0 unspecified atom stereocenters. The van der Waals surface area contributed by atoms with Crippen LogP contribution in [0.5, 0.6) is 5.75 Å². The van der Waals surface area contributed by atoms with Crippen molar-refractivity contribution in [2.75, 3.05) is 49.8 Å². The van der Waals surface area contributed by atoms with Crippen LogP contribution in [0.3, 0.4) is 0 Å². The average molecular weight is 456 g/mol. The van der Waals surface area contributed by atoms with Gasteiger partial charge in [0.1, 0.15) is 11.6 Å². The van der Waals surface area contributed by atoms with Gasteiger partial charge in [-0.25, -0.2) is 9.78 Å². The number of methoxy groups -OCH3 is 1. The van der Waals surface area contributed by atoms with E-state index in [2.05, 4.69) is 20.7 Å². The SMILES string of the molecule is COc1cccc(Cc2nsc(N3CCN(C(=O)Nc4ccc(SC)cc4)CC3)n2)c1. The second-order valence-electron chi connectivity index (χ2n) is 7.15. The van der Waals surface area contributed by atoms with Gasteiger partial charge in [-0.2, -0.15) is 4.37 Å². The van der Waals surface area contributed by atoms with Gasteiger partial charge in [0.25, 0.3) is 0 Å². The molecular formula is C22H25N5O2S2. The highest BCUT2D eigenvalue weighted by atomic mass is 32.2. The number of thioether (sulfide) groups is 1.